The van der Waals surface area contributed by atoms with E-state index in [2.05, 4.69) is 42.6 Å². The van der Waals surface area contributed by atoms with Gasteiger partial charge in [-0.25, -0.2) is 43.2 Å². The zero-order valence-electron chi connectivity index (χ0n) is 36.2. The summed E-state index contributed by atoms with van der Waals surface area (Å²) in [5.41, 5.74) is -2.11. The van der Waals surface area contributed by atoms with Crippen molar-refractivity contribution in [3.8, 4) is 0 Å². The number of carbonyl (C=O) groups excluding carboxylic acids is 13. The Bertz CT molecular complexity index is 1720. The van der Waals surface area contributed by atoms with E-state index in [1.807, 2.05) is 0 Å². The monoisotopic (exact) mass is 954 g/mol. The van der Waals surface area contributed by atoms with Gasteiger partial charge < -0.3 is 61.6 Å². The van der Waals surface area contributed by atoms with E-state index in [0.29, 0.717) is 5.75 Å². The maximum absolute atomic E-state index is 12.8. The van der Waals surface area contributed by atoms with Crippen molar-refractivity contribution in [2.75, 3.05) is 85.6 Å². The van der Waals surface area contributed by atoms with Gasteiger partial charge in [0.1, 0.15) is 6.61 Å². The molecule has 364 valence electrons. The number of carbonyl (C=O) groups is 13. The van der Waals surface area contributed by atoms with Gasteiger partial charge in [0.25, 0.3) is 0 Å². The molecule has 0 aliphatic carbocycles. The first-order chi connectivity index (χ1) is 30.7. The molecule has 0 bridgehead atoms. The summed E-state index contributed by atoms with van der Waals surface area (Å²) in [5, 5.41) is 0. The van der Waals surface area contributed by atoms with Crippen molar-refractivity contribution in [3.63, 3.8) is 0 Å². The van der Waals surface area contributed by atoms with Gasteiger partial charge in [-0.1, -0.05) is 26.8 Å². The fourth-order valence-electron chi connectivity index (χ4n) is 4.21. The highest BCUT2D eigenvalue weighted by molar-refractivity contribution is 7.98. The predicted molar refractivity (Wildman–Crippen MR) is 208 cm³/mol. The second kappa shape index (κ2) is 33.0. The summed E-state index contributed by atoms with van der Waals surface area (Å²) < 4.78 is 60.6. The smallest absolute Gasteiger partial charge is 0.347 e. The summed E-state index contributed by atoms with van der Waals surface area (Å²) in [7, 11) is 1.22. The number of hydrogen-bond acceptors (Lipinski definition) is 27. The first-order valence-corrected chi connectivity index (χ1v) is 20.2. The minimum atomic E-state index is -2.26. The molecule has 26 nitrogen and oxygen atoms in total. The molecule has 0 radical (unpaired) electrons. The summed E-state index contributed by atoms with van der Waals surface area (Å²) >= 11 is 1.39. The van der Waals surface area contributed by atoms with Crippen LogP contribution in [0.3, 0.4) is 0 Å². The molecule has 0 fully saturated rings. The molecule has 0 aliphatic rings. The molecule has 3 atom stereocenters. The highest BCUT2D eigenvalue weighted by Crippen LogP contribution is 2.27. The van der Waals surface area contributed by atoms with Gasteiger partial charge in [0.2, 0.25) is 13.6 Å². The number of aldehydes is 1. The molecule has 0 saturated heterocycles. The van der Waals surface area contributed by atoms with Crippen LogP contribution in [0.25, 0.3) is 0 Å². The van der Waals surface area contributed by atoms with Gasteiger partial charge in [-0.15, -0.1) is 0 Å². The Morgan fingerprint density at radius 2 is 0.877 bits per heavy atom. The number of thioether (sulfide) groups is 1. The summed E-state index contributed by atoms with van der Waals surface area (Å²) in [4.78, 5) is 156. The molecular formula is C38H50O26S. The predicted octanol–water partition coefficient (Wildman–Crippen LogP) is -1.22. The van der Waals surface area contributed by atoms with E-state index in [1.54, 1.807) is 20.1 Å². The fourth-order valence-corrected chi connectivity index (χ4v) is 4.85. The average molecular weight is 955 g/mol. The molecule has 0 aromatic rings. The van der Waals surface area contributed by atoms with Gasteiger partial charge in [0, 0.05) is 24.9 Å². The molecule has 0 heterocycles. The second-order valence-corrected chi connectivity index (χ2v) is 13.5. The van der Waals surface area contributed by atoms with E-state index in [9.17, 15) is 62.3 Å². The number of esters is 12. The molecule has 0 amide bonds. The summed E-state index contributed by atoms with van der Waals surface area (Å²) in [6.45, 7) is -3.25. The van der Waals surface area contributed by atoms with Crippen molar-refractivity contribution in [3.05, 3.63) is 11.6 Å². The van der Waals surface area contributed by atoms with E-state index >= 15 is 0 Å². The lowest BCUT2D eigenvalue weighted by atomic mass is 9.89. The van der Waals surface area contributed by atoms with Crippen molar-refractivity contribution in [1.82, 2.24) is 0 Å². The van der Waals surface area contributed by atoms with Crippen molar-refractivity contribution >= 4 is 89.7 Å². The number of allylic oxidation sites excluding steroid dienone is 1. The Kier molecular flexibility index (Phi) is 29.6. The molecule has 0 aromatic heterocycles. The van der Waals surface area contributed by atoms with Gasteiger partial charge in [0.15, 0.2) is 58.1 Å². The number of methoxy groups -OCH3 is 1. The highest BCUT2D eigenvalue weighted by Gasteiger charge is 2.41. The first-order valence-electron chi connectivity index (χ1n) is 18.8. The number of ether oxygens (including phenoxy) is 13. The van der Waals surface area contributed by atoms with Crippen LogP contribution in [0.4, 0.5) is 0 Å². The maximum Gasteiger partial charge on any atom is 0.347 e. The van der Waals surface area contributed by atoms with E-state index in [0.717, 1.165) is 0 Å². The molecule has 0 aromatic carbocycles. The topological polar surface area (TPSA) is 342 Å². The van der Waals surface area contributed by atoms with Crippen LogP contribution >= 0.6 is 11.8 Å². The van der Waals surface area contributed by atoms with Gasteiger partial charge >= 0.3 is 71.6 Å². The zero-order valence-corrected chi connectivity index (χ0v) is 37.0. The largest absolute Gasteiger partial charge is 0.452 e. The Morgan fingerprint density at radius 3 is 1.22 bits per heavy atom. The van der Waals surface area contributed by atoms with E-state index in [1.165, 1.54) is 38.8 Å². The molecule has 3 unspecified atom stereocenters. The SMILES string of the molecule is C/C=C(\CC)C(=O)OC(C=O)(CC(=O)OCOC(=O)C(C)CSC)CC(C)C(=O)OCOC(=O)COC(=O)COC(=O)COC(=O)COC(=O)COC(=O)COC(=O)COC(=O)COC. The third-order valence-corrected chi connectivity index (χ3v) is 8.21. The van der Waals surface area contributed by atoms with Crippen molar-refractivity contribution in [1.29, 1.82) is 0 Å². The molecule has 0 rings (SSSR count). The lowest BCUT2D eigenvalue weighted by Crippen LogP contribution is -2.43. The quantitative estimate of drug-likeness (QED) is 0.0251. The normalized spacial score (nSPS) is 12.5. The minimum Gasteiger partial charge on any atom is -0.452 e. The number of hydrogen-bond donors (Lipinski definition) is 0. The molecule has 27 heteroatoms. The van der Waals surface area contributed by atoms with E-state index in [4.69, 9.17) is 18.9 Å². The maximum atomic E-state index is 12.8. The average Bonchev–Trinajstić information content (AvgIpc) is 3.26. The molecule has 65 heavy (non-hydrogen) atoms. The Morgan fingerprint density at radius 1 is 0.523 bits per heavy atom. The fraction of sp³-hybridized carbons (Fsp3) is 0.605. The van der Waals surface area contributed by atoms with Crippen LogP contribution in [-0.2, 0) is 124 Å². The van der Waals surface area contributed by atoms with Crippen LogP contribution in [0.1, 0.15) is 47.0 Å². The van der Waals surface area contributed by atoms with Crippen LogP contribution in [0.15, 0.2) is 11.6 Å². The van der Waals surface area contributed by atoms with Crippen LogP contribution in [0, 0.1) is 11.8 Å². The van der Waals surface area contributed by atoms with Crippen LogP contribution in [0.5, 0.6) is 0 Å². The molecule has 0 aliphatic heterocycles. The first kappa shape index (κ1) is 58.4. The third kappa shape index (κ3) is 27.2. The van der Waals surface area contributed by atoms with Crippen LogP contribution < -0.4 is 0 Å². The van der Waals surface area contributed by atoms with Gasteiger partial charge in [0.05, 0.1) is 18.3 Å². The summed E-state index contributed by atoms with van der Waals surface area (Å²) in [5.74, 6) is -14.6. The second-order valence-electron chi connectivity index (χ2n) is 12.6. The van der Waals surface area contributed by atoms with Crippen molar-refractivity contribution in [2.45, 2.75) is 52.6 Å². The summed E-state index contributed by atoms with van der Waals surface area (Å²) in [6.07, 6.45) is 2.04. The highest BCUT2D eigenvalue weighted by atomic mass is 32.2. The third-order valence-electron chi connectivity index (χ3n) is 7.38. The Balaban J connectivity index is 4.69. The van der Waals surface area contributed by atoms with Crippen LogP contribution in [-0.4, -0.2) is 169 Å². The lowest BCUT2D eigenvalue weighted by Gasteiger charge is -2.29. The van der Waals surface area contributed by atoms with Crippen molar-refractivity contribution in [2.24, 2.45) is 11.8 Å². The van der Waals surface area contributed by atoms with Gasteiger partial charge in [-0.3, -0.25) is 19.2 Å². The van der Waals surface area contributed by atoms with Gasteiger partial charge in [-0.2, -0.15) is 11.8 Å². The number of rotatable bonds is 32. The molecular weight excluding hydrogens is 904 g/mol. The lowest BCUT2D eigenvalue weighted by molar-refractivity contribution is -0.182. The Hall–Kier alpha value is -6.64. The Labute approximate surface area is 374 Å². The molecule has 0 N–H and O–H groups in total. The zero-order chi connectivity index (χ0) is 49.4. The van der Waals surface area contributed by atoms with Crippen LogP contribution in [0.2, 0.25) is 0 Å². The van der Waals surface area contributed by atoms with E-state index in [-0.39, 0.29) is 18.3 Å². The molecule has 0 saturated carbocycles. The standard InChI is InChI=1S/C38H50O26S/c1-7-25(8-2)37(51)64-38(20-39,10-26(40)60-21-63-36(50)24(4)19-65-6)9-23(3)35(49)62-22-61-34(48)18-59-33(47)17-58-32(46)16-57-31(45)15-56-30(44)14-55-29(43)13-54-28(42)12-53-27(41)11-52-5/h7,20,23-24H,8-19,21-22H2,1-6H3/b25-7+. The van der Waals surface area contributed by atoms with E-state index < -0.39 is 168 Å². The minimum absolute atomic E-state index is 0.139. The van der Waals surface area contributed by atoms with Crippen molar-refractivity contribution < 1.29 is 124 Å². The summed E-state index contributed by atoms with van der Waals surface area (Å²) in [6, 6.07) is 0. The molecule has 0 spiro atoms. The van der Waals surface area contributed by atoms with Gasteiger partial charge in [-0.05, 0) is 19.6 Å².